The van der Waals surface area contributed by atoms with Gasteiger partial charge >= 0.3 is 0 Å². The van der Waals surface area contributed by atoms with E-state index in [9.17, 15) is 9.59 Å². The fourth-order valence-electron chi connectivity index (χ4n) is 3.49. The molecule has 0 aromatic carbocycles. The molecule has 2 aromatic rings. The number of nitrogens with one attached hydrogen (secondary N) is 1. The number of nitrogens with zero attached hydrogens (tertiary/aromatic N) is 3. The first kappa shape index (κ1) is 17.7. The fraction of sp³-hybridized carbons (Fsp3) is 0.450. The largest absolute Gasteiger partial charge is 0.378 e. The SMILES string of the molecule is Cc1c(C(=O)Nc2cc(C(=O)N3CCOCC3)ccn2)cc(C2CC2)n1C. The predicted molar refractivity (Wildman–Crippen MR) is 101 cm³/mol. The van der Waals surface area contributed by atoms with Crippen LogP contribution in [-0.4, -0.2) is 52.6 Å². The zero-order valence-electron chi connectivity index (χ0n) is 15.7. The van der Waals surface area contributed by atoms with Crippen molar-refractivity contribution in [1.82, 2.24) is 14.5 Å². The van der Waals surface area contributed by atoms with Gasteiger partial charge in [-0.25, -0.2) is 4.98 Å². The standard InChI is InChI=1S/C20H24N4O3/c1-13-16(12-17(23(13)2)14-3-4-14)19(25)22-18-11-15(5-6-21-18)20(26)24-7-9-27-10-8-24/h5-6,11-12,14H,3-4,7-10H2,1-2H3,(H,21,22,25). The highest BCUT2D eigenvalue weighted by Gasteiger charge is 2.29. The molecule has 0 radical (unpaired) electrons. The highest BCUT2D eigenvalue weighted by Crippen LogP contribution is 2.41. The average Bonchev–Trinajstić information content (AvgIpc) is 3.49. The van der Waals surface area contributed by atoms with E-state index in [0.717, 1.165) is 5.69 Å². The molecule has 1 saturated carbocycles. The normalized spacial score (nSPS) is 17.0. The van der Waals surface area contributed by atoms with Crippen molar-refractivity contribution in [3.05, 3.63) is 46.9 Å². The van der Waals surface area contributed by atoms with E-state index in [1.807, 2.05) is 20.0 Å². The summed E-state index contributed by atoms with van der Waals surface area (Å²) < 4.78 is 7.39. The van der Waals surface area contributed by atoms with E-state index < -0.39 is 0 Å². The first-order chi connectivity index (χ1) is 13.0. The minimum absolute atomic E-state index is 0.0666. The molecule has 7 heteroatoms. The average molecular weight is 368 g/mol. The molecule has 0 spiro atoms. The Labute approximate surface area is 158 Å². The highest BCUT2D eigenvalue weighted by atomic mass is 16.5. The molecule has 142 valence electrons. The van der Waals surface area contributed by atoms with Crippen LogP contribution < -0.4 is 5.32 Å². The van der Waals surface area contributed by atoms with Gasteiger partial charge in [0.15, 0.2) is 0 Å². The molecule has 4 rings (SSSR count). The summed E-state index contributed by atoms with van der Waals surface area (Å²) in [4.78, 5) is 31.3. The molecular weight excluding hydrogens is 344 g/mol. The topological polar surface area (TPSA) is 76.5 Å². The number of hydrogen-bond donors (Lipinski definition) is 1. The van der Waals surface area contributed by atoms with Crippen LogP contribution in [0.3, 0.4) is 0 Å². The molecule has 0 unspecified atom stereocenters. The van der Waals surface area contributed by atoms with Gasteiger partial charge < -0.3 is 19.5 Å². The molecule has 0 atom stereocenters. The van der Waals surface area contributed by atoms with Gasteiger partial charge in [0.1, 0.15) is 5.82 Å². The Kier molecular flexibility index (Phi) is 4.70. The van der Waals surface area contributed by atoms with Crippen molar-refractivity contribution < 1.29 is 14.3 Å². The molecule has 7 nitrogen and oxygen atoms in total. The van der Waals surface area contributed by atoms with Gasteiger partial charge in [0, 0.05) is 43.3 Å². The third kappa shape index (κ3) is 3.60. The summed E-state index contributed by atoms with van der Waals surface area (Å²) in [5, 5.41) is 2.84. The third-order valence-electron chi connectivity index (χ3n) is 5.36. The summed E-state index contributed by atoms with van der Waals surface area (Å²) in [6.45, 7) is 4.21. The molecule has 3 heterocycles. The maximum absolute atomic E-state index is 12.7. The van der Waals surface area contributed by atoms with E-state index >= 15 is 0 Å². The molecular formula is C20H24N4O3. The predicted octanol–water partition coefficient (Wildman–Crippen LogP) is 2.33. The number of pyridine rings is 1. The lowest BCUT2D eigenvalue weighted by Gasteiger charge is -2.26. The Morgan fingerprint density at radius 3 is 2.67 bits per heavy atom. The lowest BCUT2D eigenvalue weighted by Crippen LogP contribution is -2.40. The molecule has 2 fully saturated rings. The number of carbonyl (C=O) groups excluding carboxylic acids is 2. The lowest BCUT2D eigenvalue weighted by molar-refractivity contribution is 0.0303. The zero-order chi connectivity index (χ0) is 19.0. The van der Waals surface area contributed by atoms with Crippen LogP contribution in [0.25, 0.3) is 0 Å². The Morgan fingerprint density at radius 1 is 1.22 bits per heavy atom. The monoisotopic (exact) mass is 368 g/mol. The van der Waals surface area contributed by atoms with Crippen LogP contribution in [0.4, 0.5) is 5.82 Å². The van der Waals surface area contributed by atoms with Crippen molar-refractivity contribution in [3.63, 3.8) is 0 Å². The van der Waals surface area contributed by atoms with E-state index in [1.54, 1.807) is 23.2 Å². The Bertz CT molecular complexity index is 879. The minimum Gasteiger partial charge on any atom is -0.378 e. The number of hydrogen-bond acceptors (Lipinski definition) is 4. The molecule has 1 N–H and O–H groups in total. The number of amides is 2. The Hall–Kier alpha value is -2.67. The third-order valence-corrected chi connectivity index (χ3v) is 5.36. The summed E-state index contributed by atoms with van der Waals surface area (Å²) in [6, 6.07) is 5.28. The van der Waals surface area contributed by atoms with Crippen LogP contribution >= 0.6 is 0 Å². The van der Waals surface area contributed by atoms with Gasteiger partial charge in [-0.1, -0.05) is 0 Å². The molecule has 1 aliphatic carbocycles. The molecule has 2 aliphatic rings. The van der Waals surface area contributed by atoms with Gasteiger partial charge in [0.05, 0.1) is 18.8 Å². The van der Waals surface area contributed by atoms with E-state index in [2.05, 4.69) is 14.9 Å². The van der Waals surface area contributed by atoms with Crippen LogP contribution in [0.2, 0.25) is 0 Å². The fourth-order valence-corrected chi connectivity index (χ4v) is 3.49. The van der Waals surface area contributed by atoms with Crippen LogP contribution in [-0.2, 0) is 11.8 Å². The second-order valence-corrected chi connectivity index (χ2v) is 7.19. The molecule has 2 amide bonds. The van der Waals surface area contributed by atoms with Crippen molar-refractivity contribution in [3.8, 4) is 0 Å². The molecule has 0 bridgehead atoms. The maximum atomic E-state index is 12.7. The van der Waals surface area contributed by atoms with Gasteiger partial charge in [-0.3, -0.25) is 9.59 Å². The number of ether oxygens (including phenoxy) is 1. The summed E-state index contributed by atoms with van der Waals surface area (Å²) in [6.07, 6.45) is 3.92. The van der Waals surface area contributed by atoms with E-state index in [1.165, 1.54) is 18.5 Å². The first-order valence-corrected chi connectivity index (χ1v) is 9.35. The second-order valence-electron chi connectivity index (χ2n) is 7.19. The van der Waals surface area contributed by atoms with E-state index in [-0.39, 0.29) is 11.8 Å². The Balaban J connectivity index is 1.50. The van der Waals surface area contributed by atoms with Crippen molar-refractivity contribution in [1.29, 1.82) is 0 Å². The summed E-state index contributed by atoms with van der Waals surface area (Å²) >= 11 is 0. The van der Waals surface area contributed by atoms with Crippen molar-refractivity contribution in [2.45, 2.75) is 25.7 Å². The van der Waals surface area contributed by atoms with Gasteiger partial charge in [0.25, 0.3) is 11.8 Å². The molecule has 1 aliphatic heterocycles. The van der Waals surface area contributed by atoms with E-state index in [0.29, 0.717) is 49.2 Å². The summed E-state index contributed by atoms with van der Waals surface area (Å²) in [5.74, 6) is 0.694. The van der Waals surface area contributed by atoms with Crippen molar-refractivity contribution >= 4 is 17.6 Å². The zero-order valence-corrected chi connectivity index (χ0v) is 15.7. The van der Waals surface area contributed by atoms with Crippen molar-refractivity contribution in [2.24, 2.45) is 7.05 Å². The number of anilines is 1. The number of rotatable bonds is 4. The molecule has 1 saturated heterocycles. The molecule has 27 heavy (non-hydrogen) atoms. The lowest BCUT2D eigenvalue weighted by atomic mass is 10.2. The quantitative estimate of drug-likeness (QED) is 0.899. The van der Waals surface area contributed by atoms with Crippen LogP contribution in [0.15, 0.2) is 24.4 Å². The van der Waals surface area contributed by atoms with Gasteiger partial charge in [0.2, 0.25) is 0 Å². The molecule has 2 aromatic heterocycles. The van der Waals surface area contributed by atoms with Crippen molar-refractivity contribution in [2.75, 3.05) is 31.6 Å². The van der Waals surface area contributed by atoms with Gasteiger partial charge in [-0.15, -0.1) is 0 Å². The number of morpholine rings is 1. The maximum Gasteiger partial charge on any atom is 0.258 e. The van der Waals surface area contributed by atoms with Gasteiger partial charge in [-0.2, -0.15) is 0 Å². The number of aromatic nitrogens is 2. The van der Waals surface area contributed by atoms with Crippen LogP contribution in [0.1, 0.15) is 50.9 Å². The Morgan fingerprint density at radius 2 is 1.96 bits per heavy atom. The van der Waals surface area contributed by atoms with Crippen LogP contribution in [0, 0.1) is 6.92 Å². The smallest absolute Gasteiger partial charge is 0.258 e. The minimum atomic E-state index is -0.196. The number of carbonyl (C=O) groups is 2. The van der Waals surface area contributed by atoms with E-state index in [4.69, 9.17) is 4.74 Å². The first-order valence-electron chi connectivity index (χ1n) is 9.35. The summed E-state index contributed by atoms with van der Waals surface area (Å²) in [7, 11) is 2.00. The summed E-state index contributed by atoms with van der Waals surface area (Å²) in [5.41, 5.74) is 3.33. The van der Waals surface area contributed by atoms with Crippen LogP contribution in [0.5, 0.6) is 0 Å². The second kappa shape index (κ2) is 7.15. The highest BCUT2D eigenvalue weighted by molar-refractivity contribution is 6.05. The van der Waals surface area contributed by atoms with Gasteiger partial charge in [-0.05, 0) is 43.9 Å².